The molecular weight excluding hydrogens is 1110 g/mol. The second-order valence-electron chi connectivity index (χ2n) is 21.1. The van der Waals surface area contributed by atoms with Gasteiger partial charge in [0.25, 0.3) is 0 Å². The summed E-state index contributed by atoms with van der Waals surface area (Å²) in [5, 5.41) is 8.36. The third-order valence-corrected chi connectivity index (χ3v) is 15.2. The topological polar surface area (TPSA) is 167 Å². The number of rotatable bonds is 20. The van der Waals surface area contributed by atoms with E-state index in [0.29, 0.717) is 78.9 Å². The third kappa shape index (κ3) is 13.7. The Bertz CT molecular complexity index is 3860. The Kier molecular flexibility index (Phi) is 18.8. The van der Waals surface area contributed by atoms with Gasteiger partial charge in [-0.15, -0.1) is 0 Å². The van der Waals surface area contributed by atoms with Gasteiger partial charge in [0.05, 0.1) is 37.8 Å². The van der Waals surface area contributed by atoms with Crippen molar-refractivity contribution in [3.8, 4) is 23.0 Å². The third-order valence-electron chi connectivity index (χ3n) is 15.2. The van der Waals surface area contributed by atoms with Crippen molar-refractivity contribution in [1.29, 1.82) is 0 Å². The molecule has 0 N–H and O–H groups in total. The number of hydrogen-bond acceptors (Lipinski definition) is 14. The van der Waals surface area contributed by atoms with Gasteiger partial charge >= 0.3 is 23.9 Å². The Labute approximate surface area is 510 Å². The summed E-state index contributed by atoms with van der Waals surface area (Å²) >= 11 is 0. The average molecular weight is 1180 g/mol. The normalized spacial score (nSPS) is 12.1. The molecule has 0 aromatic heterocycles. The summed E-state index contributed by atoms with van der Waals surface area (Å²) in [6.45, 7) is 5.86. The second-order valence-corrected chi connectivity index (χ2v) is 21.1. The summed E-state index contributed by atoms with van der Waals surface area (Å²) in [5.74, 6) is -0.699. The molecule has 11 rings (SSSR count). The fourth-order valence-electron chi connectivity index (χ4n) is 11.5. The molecule has 1 aliphatic rings. The molecule has 0 fully saturated rings. The van der Waals surface area contributed by atoms with Gasteiger partial charge in [-0.25, -0.2) is 19.2 Å². The maximum atomic E-state index is 13.3. The van der Waals surface area contributed by atoms with E-state index in [4.69, 9.17) is 47.9 Å². The van der Waals surface area contributed by atoms with E-state index in [1.165, 1.54) is 0 Å². The summed E-state index contributed by atoms with van der Waals surface area (Å²) in [7, 11) is 0. The van der Waals surface area contributed by atoms with Crippen molar-refractivity contribution < 1.29 is 57.1 Å². The van der Waals surface area contributed by atoms with Gasteiger partial charge in [0, 0.05) is 71.5 Å². The zero-order chi connectivity index (χ0) is 60.9. The Morgan fingerprint density at radius 2 is 0.580 bits per heavy atom. The Morgan fingerprint density at radius 1 is 0.330 bits per heavy atom. The number of benzene rings is 10. The van der Waals surface area contributed by atoms with Gasteiger partial charge in [-0.2, -0.15) is 0 Å². The molecule has 10 aromatic rings. The lowest BCUT2D eigenvalue weighted by Gasteiger charge is -2.23. The van der Waals surface area contributed by atoms with Crippen LogP contribution in [-0.2, 0) is 63.8 Å². The Balaban J connectivity index is 1.15. The molecule has 0 saturated carbocycles. The van der Waals surface area contributed by atoms with Crippen molar-refractivity contribution in [1.82, 2.24) is 0 Å². The van der Waals surface area contributed by atoms with Crippen LogP contribution in [0.15, 0.2) is 180 Å². The van der Waals surface area contributed by atoms with E-state index in [9.17, 15) is 19.2 Å². The zero-order valence-electron chi connectivity index (χ0n) is 49.6. The van der Waals surface area contributed by atoms with Crippen molar-refractivity contribution in [3.05, 3.63) is 225 Å². The molecule has 0 radical (unpaired) electrons. The van der Waals surface area contributed by atoms with Crippen LogP contribution >= 0.6 is 0 Å². The number of para-hydroxylation sites is 2. The predicted octanol–water partition coefficient (Wildman–Crippen LogP) is 14.2. The first-order valence-electron chi connectivity index (χ1n) is 29.6. The monoisotopic (exact) mass is 1170 g/mol. The molecule has 10 aromatic carbocycles. The minimum absolute atomic E-state index is 0.144. The first kappa shape index (κ1) is 59.4. The molecule has 8 bridgehead atoms. The summed E-state index contributed by atoms with van der Waals surface area (Å²) in [6, 6.07) is 56.4. The number of carbonyl (C=O) groups is 4. The number of aliphatic imine (C=N–C) groups is 2. The van der Waals surface area contributed by atoms with E-state index in [-0.39, 0.29) is 52.1 Å². The van der Waals surface area contributed by atoms with Crippen molar-refractivity contribution in [2.75, 3.05) is 52.9 Å². The van der Waals surface area contributed by atoms with E-state index >= 15 is 0 Å². The van der Waals surface area contributed by atoms with Gasteiger partial charge in [0.15, 0.2) is 26.4 Å². The fourth-order valence-corrected chi connectivity index (χ4v) is 11.5. The van der Waals surface area contributed by atoms with Crippen LogP contribution in [0.5, 0.6) is 23.0 Å². The van der Waals surface area contributed by atoms with Crippen LogP contribution < -0.4 is 18.9 Å². The van der Waals surface area contributed by atoms with E-state index in [1.54, 1.807) is 27.7 Å². The standard InChI is InChI=1S/C74H66N2O12/c1-5-81-67(77)43-85-71-51-23-17-24-52(71)34-56-38-60(76-42-66-63-29-15-11-21-49(63)32-50-22-12-16-30-64(50)66)40-58(74(56)88-46-70(80)84-8-4)36-54-26-18-25-53(72(54)86-44-68(78)82-6-2)35-57-39-59(37-55(33-51)73(57)87-45-69(79)83-7-3)75-41-65-61-27-13-9-19-47(61)31-48-20-10-14-28-62(48)65/h9-32,37-42H,5-8,33-36,43-46H2,1-4H3. The molecule has 0 unspecified atom stereocenters. The quantitative estimate of drug-likeness (QED) is 0.0307. The van der Waals surface area contributed by atoms with Crippen molar-refractivity contribution in [3.63, 3.8) is 0 Å². The van der Waals surface area contributed by atoms with E-state index in [1.807, 2.05) is 122 Å². The van der Waals surface area contributed by atoms with E-state index < -0.39 is 50.3 Å². The number of hydrogen-bond donors (Lipinski definition) is 0. The van der Waals surface area contributed by atoms with Crippen LogP contribution in [0.3, 0.4) is 0 Å². The number of fused-ring (bicyclic) bond motifs is 12. The molecule has 0 aliphatic heterocycles. The highest BCUT2D eigenvalue weighted by atomic mass is 16.6. The predicted molar refractivity (Wildman–Crippen MR) is 343 cm³/mol. The minimum Gasteiger partial charge on any atom is -0.481 e. The first-order chi connectivity index (χ1) is 43.1. The summed E-state index contributed by atoms with van der Waals surface area (Å²) < 4.78 is 48.3. The highest BCUT2D eigenvalue weighted by Gasteiger charge is 2.26. The molecule has 444 valence electrons. The number of ether oxygens (including phenoxy) is 8. The molecule has 14 nitrogen and oxygen atoms in total. The molecule has 0 spiro atoms. The van der Waals surface area contributed by atoms with Crippen molar-refractivity contribution in [2.24, 2.45) is 9.98 Å². The molecule has 0 amide bonds. The van der Waals surface area contributed by atoms with Gasteiger partial charge < -0.3 is 37.9 Å². The average Bonchev–Trinajstić information content (AvgIpc) is 1.28. The summed E-state index contributed by atoms with van der Waals surface area (Å²) in [6.07, 6.45) is 4.35. The molecule has 0 atom stereocenters. The van der Waals surface area contributed by atoms with Gasteiger partial charge in [0.1, 0.15) is 23.0 Å². The van der Waals surface area contributed by atoms with Gasteiger partial charge in [-0.05, 0) is 129 Å². The summed E-state index contributed by atoms with van der Waals surface area (Å²) in [5.41, 5.74) is 8.18. The van der Waals surface area contributed by atoms with Gasteiger partial charge in [0.2, 0.25) is 0 Å². The van der Waals surface area contributed by atoms with Crippen LogP contribution in [0, 0.1) is 0 Å². The highest BCUT2D eigenvalue weighted by molar-refractivity contribution is 6.15. The number of carbonyl (C=O) groups excluding carboxylic acids is 4. The lowest BCUT2D eigenvalue weighted by Crippen LogP contribution is -2.18. The van der Waals surface area contributed by atoms with E-state index in [2.05, 4.69) is 60.7 Å². The van der Waals surface area contributed by atoms with Crippen LogP contribution in [0.1, 0.15) is 83.3 Å². The summed E-state index contributed by atoms with van der Waals surface area (Å²) in [4.78, 5) is 63.9. The van der Waals surface area contributed by atoms with Gasteiger partial charge in [-0.1, -0.05) is 133 Å². The zero-order valence-corrected chi connectivity index (χ0v) is 49.6. The van der Waals surface area contributed by atoms with Crippen LogP contribution in [0.4, 0.5) is 11.4 Å². The van der Waals surface area contributed by atoms with Crippen LogP contribution in [0.25, 0.3) is 43.1 Å². The van der Waals surface area contributed by atoms with Crippen molar-refractivity contribution >= 4 is 90.8 Å². The molecular formula is C74H66N2O12. The minimum atomic E-state index is -0.566. The molecule has 0 saturated heterocycles. The highest BCUT2D eigenvalue weighted by Crippen LogP contribution is 2.42. The maximum absolute atomic E-state index is 13.3. The Morgan fingerprint density at radius 3 is 0.841 bits per heavy atom. The first-order valence-corrected chi connectivity index (χ1v) is 29.6. The fraction of sp³-hybridized carbons (Fsp3) is 0.216. The largest absolute Gasteiger partial charge is 0.481 e. The van der Waals surface area contributed by atoms with Gasteiger partial charge in [-0.3, -0.25) is 9.98 Å². The van der Waals surface area contributed by atoms with Crippen LogP contribution in [0.2, 0.25) is 0 Å². The maximum Gasteiger partial charge on any atom is 0.344 e. The number of esters is 4. The molecule has 88 heavy (non-hydrogen) atoms. The Hall–Kier alpha value is -10.3. The number of nitrogens with zero attached hydrogens (tertiary/aromatic N) is 2. The molecule has 14 heteroatoms. The SMILES string of the molecule is CCOC(=O)COc1c2cccc1Cc1cc(N=Cc3c4ccccc4cc4ccccc34)cc(c1OCC(=O)OCC)Cc1cccc(c1OCC(=O)OCC)Cc1cc(N=Cc3c4ccccc4cc4ccccc34)cc(c1OCC(=O)OCC)C2. The lowest BCUT2D eigenvalue weighted by atomic mass is 9.90. The second kappa shape index (κ2) is 27.8. The smallest absolute Gasteiger partial charge is 0.344 e. The molecule has 0 heterocycles. The van der Waals surface area contributed by atoms with E-state index in [0.717, 1.165) is 54.2 Å². The van der Waals surface area contributed by atoms with Crippen molar-refractivity contribution in [2.45, 2.75) is 53.4 Å². The molecule has 1 aliphatic carbocycles. The van der Waals surface area contributed by atoms with Crippen LogP contribution in [-0.4, -0.2) is 89.2 Å². The lowest BCUT2D eigenvalue weighted by molar-refractivity contribution is -0.146.